The van der Waals surface area contributed by atoms with Gasteiger partial charge >= 0.3 is 18.1 Å². The van der Waals surface area contributed by atoms with Crippen LogP contribution in [0.2, 0.25) is 0 Å². The van der Waals surface area contributed by atoms with Gasteiger partial charge in [0.2, 0.25) is 0 Å². The van der Waals surface area contributed by atoms with Crippen molar-refractivity contribution in [3.63, 3.8) is 0 Å². The van der Waals surface area contributed by atoms with Crippen LogP contribution in [0.4, 0.5) is 13.2 Å². The van der Waals surface area contributed by atoms with E-state index in [9.17, 15) is 22.8 Å². The second-order valence-corrected chi connectivity index (χ2v) is 7.06. The van der Waals surface area contributed by atoms with Crippen molar-refractivity contribution in [3.8, 4) is 0 Å². The number of hydrogen-bond acceptors (Lipinski definition) is 6. The second kappa shape index (κ2) is 6.81. The van der Waals surface area contributed by atoms with Crippen molar-refractivity contribution in [3.05, 3.63) is 0 Å². The normalized spacial score (nSPS) is 27.6. The first-order valence-electron chi connectivity index (χ1n) is 7.82. The number of fused-ring (bicyclic) bond motifs is 1. The Hall–Kier alpha value is -1.84. The molecule has 0 aromatic heterocycles. The fourth-order valence-electron chi connectivity index (χ4n) is 2.77. The molecule has 2 rings (SSSR count). The van der Waals surface area contributed by atoms with E-state index >= 15 is 0 Å². The van der Waals surface area contributed by atoms with E-state index in [2.05, 4.69) is 5.16 Å². The number of alkyl halides is 3. The molecule has 1 saturated heterocycles. The number of nitrogens with zero attached hydrogens (tertiary/aromatic N) is 1. The highest BCUT2D eigenvalue weighted by Gasteiger charge is 2.50. The molecular formula is C15H21F3N2O5. The molecule has 4 unspecified atom stereocenters. The van der Waals surface area contributed by atoms with E-state index < -0.39 is 41.7 Å². The highest BCUT2D eigenvalue weighted by molar-refractivity contribution is 5.97. The summed E-state index contributed by atoms with van der Waals surface area (Å²) >= 11 is 0. The summed E-state index contributed by atoms with van der Waals surface area (Å²) in [6, 6.07) is -1.59. The van der Waals surface area contributed by atoms with E-state index in [0.29, 0.717) is 5.71 Å². The zero-order valence-corrected chi connectivity index (χ0v) is 14.3. The average Bonchev–Trinajstić information content (AvgIpc) is 2.90. The number of carbonyl (C=O) groups is 2. The fourth-order valence-corrected chi connectivity index (χ4v) is 2.77. The van der Waals surface area contributed by atoms with Gasteiger partial charge in [0.15, 0.2) is 0 Å². The predicted molar refractivity (Wildman–Crippen MR) is 79.6 cm³/mol. The molecule has 25 heavy (non-hydrogen) atoms. The Kier molecular flexibility index (Phi) is 5.31. The summed E-state index contributed by atoms with van der Waals surface area (Å²) in [5.41, 5.74) is -0.540. The first-order chi connectivity index (χ1) is 11.4. The van der Waals surface area contributed by atoms with Gasteiger partial charge < -0.3 is 19.6 Å². The van der Waals surface area contributed by atoms with Crippen molar-refractivity contribution in [1.82, 2.24) is 5.32 Å². The SMILES string of the molecule is CC1OCC2CON=C2C1C(NC(=O)C(F)(F)F)C(=O)OC(C)(C)C. The third-order valence-corrected chi connectivity index (χ3v) is 3.84. The number of amides is 1. The fraction of sp³-hybridized carbons (Fsp3) is 0.800. The minimum absolute atomic E-state index is 0.215. The van der Waals surface area contributed by atoms with E-state index in [4.69, 9.17) is 14.3 Å². The first kappa shape index (κ1) is 19.5. The molecule has 1 N–H and O–H groups in total. The standard InChI is InChI=1S/C15H21F3N2O5/c1-7-9(10-8(5-23-7)6-24-20-10)11(12(21)25-14(2,3)4)19-13(22)15(16,17)18/h7-9,11H,5-6H2,1-4H3,(H,19,22). The molecule has 7 nitrogen and oxygen atoms in total. The average molecular weight is 366 g/mol. The number of oxime groups is 1. The summed E-state index contributed by atoms with van der Waals surface area (Å²) in [6.45, 7) is 6.82. The number of nitrogens with one attached hydrogen (secondary N) is 1. The molecule has 0 aliphatic carbocycles. The van der Waals surface area contributed by atoms with Crippen LogP contribution in [0.3, 0.4) is 0 Å². The van der Waals surface area contributed by atoms with Gasteiger partial charge in [0.1, 0.15) is 18.2 Å². The van der Waals surface area contributed by atoms with Crippen molar-refractivity contribution >= 4 is 17.6 Å². The van der Waals surface area contributed by atoms with Gasteiger partial charge in [0.05, 0.1) is 30.3 Å². The van der Waals surface area contributed by atoms with Crippen LogP contribution < -0.4 is 5.32 Å². The van der Waals surface area contributed by atoms with E-state index in [1.807, 2.05) is 0 Å². The molecule has 2 heterocycles. The third-order valence-electron chi connectivity index (χ3n) is 3.84. The van der Waals surface area contributed by atoms with Crippen LogP contribution in [0.25, 0.3) is 0 Å². The van der Waals surface area contributed by atoms with Crippen LogP contribution in [-0.2, 0) is 23.9 Å². The molecule has 0 aromatic carbocycles. The summed E-state index contributed by atoms with van der Waals surface area (Å²) in [5.74, 6) is -4.39. The van der Waals surface area contributed by atoms with E-state index in [0.717, 1.165) is 0 Å². The molecule has 0 bridgehead atoms. The summed E-state index contributed by atoms with van der Waals surface area (Å²) in [4.78, 5) is 28.9. The van der Waals surface area contributed by atoms with Crippen LogP contribution in [-0.4, -0.2) is 54.7 Å². The Morgan fingerprint density at radius 3 is 2.48 bits per heavy atom. The lowest BCUT2D eigenvalue weighted by Crippen LogP contribution is -2.59. The number of carbonyl (C=O) groups excluding carboxylic acids is 2. The van der Waals surface area contributed by atoms with Gasteiger partial charge in [-0.15, -0.1) is 0 Å². The largest absolute Gasteiger partial charge is 0.471 e. The summed E-state index contributed by atoms with van der Waals surface area (Å²) in [7, 11) is 0. The summed E-state index contributed by atoms with van der Waals surface area (Å²) < 4.78 is 48.8. The summed E-state index contributed by atoms with van der Waals surface area (Å²) in [5, 5.41) is 5.59. The molecule has 4 atom stereocenters. The maximum Gasteiger partial charge on any atom is 0.471 e. The van der Waals surface area contributed by atoms with E-state index in [1.165, 1.54) is 0 Å². The molecule has 1 amide bonds. The molecule has 142 valence electrons. The third kappa shape index (κ3) is 4.62. The zero-order valence-electron chi connectivity index (χ0n) is 14.3. The van der Waals surface area contributed by atoms with Crippen LogP contribution >= 0.6 is 0 Å². The minimum atomic E-state index is -5.13. The van der Waals surface area contributed by atoms with Gasteiger partial charge in [-0.25, -0.2) is 4.79 Å². The first-order valence-corrected chi connectivity index (χ1v) is 7.82. The highest BCUT2D eigenvalue weighted by atomic mass is 19.4. The van der Waals surface area contributed by atoms with Crippen molar-refractivity contribution < 1.29 is 37.1 Å². The zero-order chi connectivity index (χ0) is 19.0. The van der Waals surface area contributed by atoms with Crippen LogP contribution in [0.5, 0.6) is 0 Å². The number of esters is 1. The second-order valence-electron chi connectivity index (χ2n) is 7.06. The number of hydrogen-bond donors (Lipinski definition) is 1. The monoisotopic (exact) mass is 366 g/mol. The lowest BCUT2D eigenvalue weighted by atomic mass is 9.81. The van der Waals surface area contributed by atoms with Gasteiger partial charge in [0, 0.05) is 0 Å². The quantitative estimate of drug-likeness (QED) is 0.764. The Balaban J connectivity index is 2.32. The van der Waals surface area contributed by atoms with Crippen molar-refractivity contribution in [1.29, 1.82) is 0 Å². The van der Waals surface area contributed by atoms with Crippen molar-refractivity contribution in [2.24, 2.45) is 17.0 Å². The topological polar surface area (TPSA) is 86.2 Å². The molecule has 2 aliphatic heterocycles. The van der Waals surface area contributed by atoms with Crippen LogP contribution in [0.1, 0.15) is 27.7 Å². The molecular weight excluding hydrogens is 345 g/mol. The van der Waals surface area contributed by atoms with E-state index in [1.54, 1.807) is 33.0 Å². The Bertz CT molecular complexity index is 570. The molecule has 2 aliphatic rings. The Morgan fingerprint density at radius 2 is 1.92 bits per heavy atom. The lowest BCUT2D eigenvalue weighted by Gasteiger charge is -2.37. The minimum Gasteiger partial charge on any atom is -0.458 e. The number of rotatable bonds is 3. The molecule has 1 fully saturated rings. The molecule has 0 spiro atoms. The van der Waals surface area contributed by atoms with Crippen LogP contribution in [0, 0.1) is 11.8 Å². The predicted octanol–water partition coefficient (Wildman–Crippen LogP) is 1.41. The lowest BCUT2D eigenvalue weighted by molar-refractivity contribution is -0.178. The van der Waals surface area contributed by atoms with E-state index in [-0.39, 0.29) is 19.1 Å². The maximum absolute atomic E-state index is 12.7. The van der Waals surface area contributed by atoms with Gasteiger partial charge in [-0.05, 0) is 27.7 Å². The van der Waals surface area contributed by atoms with Crippen LogP contribution in [0.15, 0.2) is 5.16 Å². The van der Waals surface area contributed by atoms with Gasteiger partial charge in [-0.3, -0.25) is 4.79 Å². The van der Waals surface area contributed by atoms with Gasteiger partial charge in [-0.2, -0.15) is 13.2 Å². The summed E-state index contributed by atoms with van der Waals surface area (Å²) in [6.07, 6.45) is -5.78. The van der Waals surface area contributed by atoms with Gasteiger partial charge in [-0.1, -0.05) is 5.16 Å². The van der Waals surface area contributed by atoms with Crippen molar-refractivity contribution in [2.45, 2.75) is 51.6 Å². The maximum atomic E-state index is 12.7. The number of ether oxygens (including phenoxy) is 2. The smallest absolute Gasteiger partial charge is 0.458 e. The van der Waals surface area contributed by atoms with Gasteiger partial charge in [0.25, 0.3) is 0 Å². The molecule has 0 aromatic rings. The highest BCUT2D eigenvalue weighted by Crippen LogP contribution is 2.31. The molecule has 0 radical (unpaired) electrons. The molecule has 0 saturated carbocycles. The van der Waals surface area contributed by atoms with Crippen molar-refractivity contribution in [2.75, 3.05) is 13.2 Å². The number of halogens is 3. The Labute approximate surface area is 142 Å². The Morgan fingerprint density at radius 1 is 1.28 bits per heavy atom. The molecule has 10 heteroatoms.